The minimum absolute atomic E-state index is 0.122. The van der Waals surface area contributed by atoms with E-state index in [1.807, 2.05) is 18.2 Å². The molecule has 118 valence electrons. The van der Waals surface area contributed by atoms with Crippen LogP contribution in [-0.2, 0) is 0 Å². The van der Waals surface area contributed by atoms with E-state index >= 15 is 0 Å². The SMILES string of the molecule is CN(C(=O)c1ccc(-c2ccc(C#N)cc2)s1)c1cccc(O)c1. The highest BCUT2D eigenvalue weighted by Gasteiger charge is 2.16. The molecule has 1 heterocycles. The number of amides is 1. The Morgan fingerprint density at radius 3 is 2.54 bits per heavy atom. The third-order valence-corrected chi connectivity index (χ3v) is 4.76. The molecule has 1 amide bonds. The summed E-state index contributed by atoms with van der Waals surface area (Å²) in [7, 11) is 1.68. The molecule has 3 aromatic rings. The highest BCUT2D eigenvalue weighted by atomic mass is 32.1. The Hall–Kier alpha value is -3.10. The number of phenolic OH excluding ortho intramolecular Hbond substituents is 1. The normalized spacial score (nSPS) is 10.2. The lowest BCUT2D eigenvalue weighted by molar-refractivity contribution is 0.0997. The zero-order valence-electron chi connectivity index (χ0n) is 12.9. The summed E-state index contributed by atoms with van der Waals surface area (Å²) in [6.45, 7) is 0. The number of aromatic hydroxyl groups is 1. The molecule has 3 rings (SSSR count). The molecule has 0 unspecified atom stereocenters. The molecule has 0 fully saturated rings. The summed E-state index contributed by atoms with van der Waals surface area (Å²) in [5, 5.41) is 18.4. The first-order chi connectivity index (χ1) is 11.6. The summed E-state index contributed by atoms with van der Waals surface area (Å²) in [4.78, 5) is 15.7. The van der Waals surface area contributed by atoms with E-state index in [0.29, 0.717) is 16.1 Å². The van der Waals surface area contributed by atoms with Gasteiger partial charge in [0.2, 0.25) is 0 Å². The van der Waals surface area contributed by atoms with Gasteiger partial charge >= 0.3 is 0 Å². The van der Waals surface area contributed by atoms with Crippen LogP contribution < -0.4 is 4.90 Å². The van der Waals surface area contributed by atoms with Crippen molar-refractivity contribution < 1.29 is 9.90 Å². The van der Waals surface area contributed by atoms with Crippen LogP contribution in [0.4, 0.5) is 5.69 Å². The van der Waals surface area contributed by atoms with Gasteiger partial charge in [0, 0.05) is 23.7 Å². The molecule has 0 spiro atoms. The third kappa shape index (κ3) is 3.14. The summed E-state index contributed by atoms with van der Waals surface area (Å²) in [5.41, 5.74) is 2.21. The van der Waals surface area contributed by atoms with Crippen molar-refractivity contribution >= 4 is 22.9 Å². The van der Waals surface area contributed by atoms with Gasteiger partial charge in [-0.3, -0.25) is 4.79 Å². The maximum absolute atomic E-state index is 12.6. The van der Waals surface area contributed by atoms with E-state index in [1.165, 1.54) is 16.2 Å². The van der Waals surface area contributed by atoms with Crippen LogP contribution in [0.15, 0.2) is 60.7 Å². The van der Waals surface area contributed by atoms with Gasteiger partial charge in [0.05, 0.1) is 16.5 Å². The number of anilines is 1. The monoisotopic (exact) mass is 334 g/mol. The van der Waals surface area contributed by atoms with Crippen molar-refractivity contribution in [1.29, 1.82) is 5.26 Å². The van der Waals surface area contributed by atoms with Gasteiger partial charge in [0.15, 0.2) is 0 Å². The highest BCUT2D eigenvalue weighted by molar-refractivity contribution is 7.17. The molecule has 0 aliphatic rings. The Kier molecular flexibility index (Phi) is 4.32. The topological polar surface area (TPSA) is 64.3 Å². The van der Waals surface area contributed by atoms with Crippen LogP contribution in [0.3, 0.4) is 0 Å². The number of thiophene rings is 1. The molecule has 5 heteroatoms. The van der Waals surface area contributed by atoms with E-state index in [2.05, 4.69) is 6.07 Å². The predicted octanol–water partition coefficient (Wildman–Crippen LogP) is 4.27. The lowest BCUT2D eigenvalue weighted by Crippen LogP contribution is -2.25. The second-order valence-corrected chi connectivity index (χ2v) is 6.32. The largest absolute Gasteiger partial charge is 0.508 e. The molecule has 0 saturated heterocycles. The lowest BCUT2D eigenvalue weighted by atomic mass is 10.1. The van der Waals surface area contributed by atoms with Gasteiger partial charge in [-0.2, -0.15) is 5.26 Å². The quantitative estimate of drug-likeness (QED) is 0.778. The van der Waals surface area contributed by atoms with E-state index < -0.39 is 0 Å². The molecule has 24 heavy (non-hydrogen) atoms. The van der Waals surface area contributed by atoms with E-state index in [1.54, 1.807) is 49.5 Å². The van der Waals surface area contributed by atoms with Crippen molar-refractivity contribution in [1.82, 2.24) is 0 Å². The molecule has 1 N–H and O–H groups in total. The molecule has 2 aromatic carbocycles. The molecule has 4 nitrogen and oxygen atoms in total. The number of rotatable bonds is 3. The Balaban J connectivity index is 1.84. The molecule has 0 radical (unpaired) electrons. The van der Waals surface area contributed by atoms with Crippen molar-refractivity contribution in [2.24, 2.45) is 0 Å². The maximum Gasteiger partial charge on any atom is 0.268 e. The van der Waals surface area contributed by atoms with Crippen molar-refractivity contribution in [3.8, 4) is 22.3 Å². The van der Waals surface area contributed by atoms with Crippen molar-refractivity contribution in [2.75, 3.05) is 11.9 Å². The Labute approximate surface area is 143 Å². The number of phenols is 1. The van der Waals surface area contributed by atoms with Crippen molar-refractivity contribution in [3.05, 3.63) is 71.1 Å². The van der Waals surface area contributed by atoms with Gasteiger partial charge in [-0.1, -0.05) is 18.2 Å². The van der Waals surface area contributed by atoms with Gasteiger partial charge in [-0.15, -0.1) is 11.3 Å². The van der Waals surface area contributed by atoms with E-state index in [0.717, 1.165) is 10.4 Å². The average Bonchev–Trinajstić information content (AvgIpc) is 3.10. The smallest absolute Gasteiger partial charge is 0.268 e. The molecule has 0 bridgehead atoms. The van der Waals surface area contributed by atoms with Gasteiger partial charge in [-0.05, 0) is 42.0 Å². The summed E-state index contributed by atoms with van der Waals surface area (Å²) in [5.74, 6) is -0.0119. The first kappa shape index (κ1) is 15.8. The van der Waals surface area contributed by atoms with Gasteiger partial charge < -0.3 is 10.0 Å². The summed E-state index contributed by atoms with van der Waals surface area (Å²) in [6.07, 6.45) is 0. The maximum atomic E-state index is 12.6. The zero-order valence-corrected chi connectivity index (χ0v) is 13.7. The number of nitrogens with zero attached hydrogens (tertiary/aromatic N) is 2. The molecule has 0 aliphatic carbocycles. The molecule has 0 aliphatic heterocycles. The summed E-state index contributed by atoms with van der Waals surface area (Å²) in [6, 6.07) is 19.6. The molecule has 1 aromatic heterocycles. The summed E-state index contributed by atoms with van der Waals surface area (Å²) < 4.78 is 0. The Bertz CT molecular complexity index is 923. The molecule has 0 saturated carbocycles. The number of carbonyl (C=O) groups excluding carboxylic acids is 1. The Morgan fingerprint density at radius 1 is 1.12 bits per heavy atom. The van der Waals surface area contributed by atoms with Gasteiger partial charge in [-0.25, -0.2) is 0 Å². The summed E-state index contributed by atoms with van der Waals surface area (Å²) >= 11 is 1.40. The first-order valence-corrected chi connectivity index (χ1v) is 8.07. The van der Waals surface area contributed by atoms with Crippen LogP contribution >= 0.6 is 11.3 Å². The van der Waals surface area contributed by atoms with Crippen LogP contribution in [0.25, 0.3) is 10.4 Å². The van der Waals surface area contributed by atoms with Crippen LogP contribution in [0, 0.1) is 11.3 Å². The number of carbonyl (C=O) groups is 1. The van der Waals surface area contributed by atoms with Crippen LogP contribution in [0.2, 0.25) is 0 Å². The second-order valence-electron chi connectivity index (χ2n) is 5.24. The van der Waals surface area contributed by atoms with Crippen molar-refractivity contribution in [3.63, 3.8) is 0 Å². The van der Waals surface area contributed by atoms with E-state index in [-0.39, 0.29) is 11.7 Å². The Morgan fingerprint density at radius 2 is 1.88 bits per heavy atom. The minimum Gasteiger partial charge on any atom is -0.508 e. The van der Waals surface area contributed by atoms with E-state index in [9.17, 15) is 9.90 Å². The fourth-order valence-corrected chi connectivity index (χ4v) is 3.29. The number of benzene rings is 2. The number of nitriles is 1. The fraction of sp³-hybridized carbons (Fsp3) is 0.0526. The minimum atomic E-state index is -0.134. The zero-order chi connectivity index (χ0) is 17.1. The second kappa shape index (κ2) is 6.57. The van der Waals surface area contributed by atoms with E-state index in [4.69, 9.17) is 5.26 Å². The average molecular weight is 334 g/mol. The molecule has 0 atom stereocenters. The fourth-order valence-electron chi connectivity index (χ4n) is 2.30. The van der Waals surface area contributed by atoms with Crippen LogP contribution in [0.5, 0.6) is 5.75 Å². The van der Waals surface area contributed by atoms with Crippen LogP contribution in [0.1, 0.15) is 15.2 Å². The third-order valence-electron chi connectivity index (χ3n) is 3.64. The van der Waals surface area contributed by atoms with Gasteiger partial charge in [0.1, 0.15) is 5.75 Å². The lowest BCUT2D eigenvalue weighted by Gasteiger charge is -2.16. The van der Waals surface area contributed by atoms with Gasteiger partial charge in [0.25, 0.3) is 5.91 Å². The standard InChI is InChI=1S/C19H14N2O2S/c1-21(15-3-2-4-16(22)11-15)19(23)18-10-9-17(24-18)14-7-5-13(12-20)6-8-14/h2-11,22H,1H3. The predicted molar refractivity (Wildman–Crippen MR) is 95.3 cm³/mol. The molecular formula is C19H14N2O2S. The first-order valence-electron chi connectivity index (χ1n) is 7.26. The number of hydrogen-bond acceptors (Lipinski definition) is 4. The number of hydrogen-bond donors (Lipinski definition) is 1. The van der Waals surface area contributed by atoms with Crippen LogP contribution in [-0.4, -0.2) is 18.1 Å². The highest BCUT2D eigenvalue weighted by Crippen LogP contribution is 2.30. The molecular weight excluding hydrogens is 320 g/mol. The van der Waals surface area contributed by atoms with Crippen molar-refractivity contribution in [2.45, 2.75) is 0 Å².